The van der Waals surface area contributed by atoms with Crippen molar-refractivity contribution >= 4 is 24.3 Å². The maximum atomic E-state index is 11.6. The molecule has 3 N–H and O–H groups in total. The van der Waals surface area contributed by atoms with E-state index >= 15 is 0 Å². The van der Waals surface area contributed by atoms with Gasteiger partial charge >= 0.3 is 11.9 Å². The highest BCUT2D eigenvalue weighted by Gasteiger charge is 2.17. The molecular weight excluding hydrogens is 205 g/mol. The van der Waals surface area contributed by atoms with E-state index in [0.29, 0.717) is 0 Å². The molecule has 0 saturated carbocycles. The van der Waals surface area contributed by atoms with Gasteiger partial charge in [0.05, 0.1) is 0 Å². The first-order chi connectivity index (χ1) is 5.57. The van der Waals surface area contributed by atoms with Gasteiger partial charge in [-0.2, -0.15) is 0 Å². The molecule has 0 aromatic rings. The zero-order valence-corrected chi connectivity index (χ0v) is 7.51. The third-order valence-electron chi connectivity index (χ3n) is 1.27. The van der Waals surface area contributed by atoms with Gasteiger partial charge in [0.1, 0.15) is 12.8 Å². The first kappa shape index (κ1) is 14.6. The fourth-order valence-electron chi connectivity index (χ4n) is 0.674. The van der Waals surface area contributed by atoms with E-state index in [1.807, 2.05) is 5.32 Å². The molecule has 0 bridgehead atoms. The van der Waals surface area contributed by atoms with Crippen LogP contribution in [0.15, 0.2) is 0 Å². The van der Waals surface area contributed by atoms with Crippen molar-refractivity contribution in [3.8, 4) is 0 Å². The molecule has 0 aliphatic carbocycles. The molecular formula is C6H11ClFNO4. The third-order valence-corrected chi connectivity index (χ3v) is 1.27. The standard InChI is InChI=1S/C6H10FNO4.ClH/c7-3-8-4(6(11)12)1-2-5(9)10;/h4,8H,1-3H2,(H,9,10)(H,11,12);1H. The number of carbonyl (C=O) groups is 2. The van der Waals surface area contributed by atoms with E-state index < -0.39 is 24.8 Å². The number of hydrogen-bond acceptors (Lipinski definition) is 3. The van der Waals surface area contributed by atoms with Crippen LogP contribution in [0, 0.1) is 0 Å². The van der Waals surface area contributed by atoms with E-state index in [1.54, 1.807) is 0 Å². The Morgan fingerprint density at radius 1 is 1.38 bits per heavy atom. The quantitative estimate of drug-likeness (QED) is 0.553. The van der Waals surface area contributed by atoms with Gasteiger partial charge in [0.2, 0.25) is 0 Å². The predicted molar refractivity (Wildman–Crippen MR) is 44.7 cm³/mol. The van der Waals surface area contributed by atoms with Gasteiger partial charge in [-0.1, -0.05) is 0 Å². The molecule has 0 heterocycles. The lowest BCUT2D eigenvalue weighted by molar-refractivity contribution is -0.140. The van der Waals surface area contributed by atoms with Gasteiger partial charge in [-0.3, -0.25) is 14.9 Å². The normalized spacial score (nSPS) is 11.5. The number of alkyl halides is 1. The zero-order chi connectivity index (χ0) is 9.56. The van der Waals surface area contributed by atoms with E-state index in [0.717, 1.165) is 0 Å². The Bertz CT molecular complexity index is 178. The van der Waals surface area contributed by atoms with Crippen LogP contribution < -0.4 is 5.32 Å². The third kappa shape index (κ3) is 7.48. The van der Waals surface area contributed by atoms with Crippen molar-refractivity contribution in [2.45, 2.75) is 18.9 Å². The maximum Gasteiger partial charge on any atom is 0.320 e. The molecule has 78 valence electrons. The molecule has 0 spiro atoms. The van der Waals surface area contributed by atoms with E-state index in [1.165, 1.54) is 0 Å². The van der Waals surface area contributed by atoms with Crippen molar-refractivity contribution in [1.82, 2.24) is 5.32 Å². The molecule has 7 heteroatoms. The topological polar surface area (TPSA) is 86.6 Å². The van der Waals surface area contributed by atoms with Gasteiger partial charge in [-0.15, -0.1) is 12.4 Å². The van der Waals surface area contributed by atoms with Gasteiger partial charge < -0.3 is 10.2 Å². The molecule has 0 amide bonds. The summed E-state index contributed by atoms with van der Waals surface area (Å²) in [6.45, 7) is -0.976. The molecule has 13 heavy (non-hydrogen) atoms. The summed E-state index contributed by atoms with van der Waals surface area (Å²) in [5.41, 5.74) is 0. The second kappa shape index (κ2) is 7.75. The van der Waals surface area contributed by atoms with Crippen LogP contribution in [-0.2, 0) is 9.59 Å². The van der Waals surface area contributed by atoms with Crippen molar-refractivity contribution in [3.63, 3.8) is 0 Å². The Kier molecular flexibility index (Phi) is 8.73. The van der Waals surface area contributed by atoms with Gasteiger partial charge in [-0.25, -0.2) is 4.39 Å². The zero-order valence-electron chi connectivity index (χ0n) is 6.70. The molecule has 1 unspecified atom stereocenters. The average molecular weight is 216 g/mol. The van der Waals surface area contributed by atoms with Gasteiger partial charge in [0.25, 0.3) is 0 Å². The minimum atomic E-state index is -1.24. The number of carboxylic acid groups (broad SMARTS) is 2. The summed E-state index contributed by atoms with van der Waals surface area (Å²) in [7, 11) is 0. The fourth-order valence-corrected chi connectivity index (χ4v) is 0.674. The van der Waals surface area contributed by atoms with Crippen LogP contribution in [0.3, 0.4) is 0 Å². The highest BCUT2D eigenvalue weighted by atomic mass is 35.5. The first-order valence-corrected chi connectivity index (χ1v) is 3.32. The highest BCUT2D eigenvalue weighted by Crippen LogP contribution is 1.97. The number of carboxylic acids is 2. The molecule has 0 aromatic heterocycles. The summed E-state index contributed by atoms with van der Waals surface area (Å²) in [4.78, 5) is 20.3. The SMILES string of the molecule is Cl.O=C(O)CCC(NCF)C(=O)O. The Balaban J connectivity index is 0. The smallest absolute Gasteiger partial charge is 0.320 e. The summed E-state index contributed by atoms with van der Waals surface area (Å²) < 4.78 is 11.6. The van der Waals surface area contributed by atoms with Crippen LogP contribution in [0.5, 0.6) is 0 Å². The second-order valence-corrected chi connectivity index (χ2v) is 2.16. The molecule has 0 aliphatic rings. The Morgan fingerprint density at radius 2 is 1.92 bits per heavy atom. The van der Waals surface area contributed by atoms with Crippen LogP contribution in [0.1, 0.15) is 12.8 Å². The molecule has 5 nitrogen and oxygen atoms in total. The van der Waals surface area contributed by atoms with E-state index in [-0.39, 0.29) is 25.2 Å². The second-order valence-electron chi connectivity index (χ2n) is 2.16. The Hall–Kier alpha value is -0.880. The van der Waals surface area contributed by atoms with Crippen molar-refractivity contribution < 1.29 is 24.2 Å². The molecule has 0 fully saturated rings. The molecule has 0 aliphatic heterocycles. The summed E-state index contributed by atoms with van der Waals surface area (Å²) in [6, 6.07) is -1.12. The minimum Gasteiger partial charge on any atom is -0.481 e. The largest absolute Gasteiger partial charge is 0.481 e. The monoisotopic (exact) mass is 215 g/mol. The van der Waals surface area contributed by atoms with Crippen LogP contribution in [0.25, 0.3) is 0 Å². The van der Waals surface area contributed by atoms with Crippen LogP contribution in [0.2, 0.25) is 0 Å². The van der Waals surface area contributed by atoms with Gasteiger partial charge in [-0.05, 0) is 6.42 Å². The number of aliphatic carboxylic acids is 2. The first-order valence-electron chi connectivity index (χ1n) is 3.32. The van der Waals surface area contributed by atoms with Crippen molar-refractivity contribution in [1.29, 1.82) is 0 Å². The predicted octanol–water partition coefficient (Wildman–Crippen LogP) is 0.243. The van der Waals surface area contributed by atoms with Crippen LogP contribution >= 0.6 is 12.4 Å². The number of halogens is 2. The van der Waals surface area contributed by atoms with Crippen LogP contribution in [0.4, 0.5) is 4.39 Å². The Morgan fingerprint density at radius 3 is 2.23 bits per heavy atom. The average Bonchev–Trinajstić information content (AvgIpc) is 1.96. The number of rotatable bonds is 6. The van der Waals surface area contributed by atoms with Crippen molar-refractivity contribution in [2.75, 3.05) is 6.80 Å². The lowest BCUT2D eigenvalue weighted by Gasteiger charge is -2.09. The lowest BCUT2D eigenvalue weighted by atomic mass is 10.1. The minimum absolute atomic E-state index is 0. The molecule has 0 rings (SSSR count). The summed E-state index contributed by atoms with van der Waals surface area (Å²) in [6.07, 6.45) is -0.404. The molecule has 0 radical (unpaired) electrons. The summed E-state index contributed by atoms with van der Waals surface area (Å²) >= 11 is 0. The van der Waals surface area contributed by atoms with Gasteiger partial charge in [0, 0.05) is 6.42 Å². The number of hydrogen-bond donors (Lipinski definition) is 3. The van der Waals surface area contributed by atoms with Crippen LogP contribution in [-0.4, -0.2) is 35.0 Å². The van der Waals surface area contributed by atoms with E-state index in [4.69, 9.17) is 10.2 Å². The summed E-state index contributed by atoms with van der Waals surface area (Å²) in [5.74, 6) is -2.34. The fraction of sp³-hybridized carbons (Fsp3) is 0.667. The molecule has 0 aromatic carbocycles. The van der Waals surface area contributed by atoms with Crippen molar-refractivity contribution in [2.24, 2.45) is 0 Å². The maximum absolute atomic E-state index is 11.6. The highest BCUT2D eigenvalue weighted by molar-refractivity contribution is 5.85. The molecule has 0 saturated heterocycles. The van der Waals surface area contributed by atoms with Gasteiger partial charge in [0.15, 0.2) is 0 Å². The van der Waals surface area contributed by atoms with Crippen molar-refractivity contribution in [3.05, 3.63) is 0 Å². The molecule has 1 atom stereocenters. The Labute approximate surface area is 80.3 Å². The summed E-state index contributed by atoms with van der Waals surface area (Å²) in [5, 5.41) is 18.6. The number of nitrogens with one attached hydrogen (secondary N) is 1. The van der Waals surface area contributed by atoms with E-state index in [9.17, 15) is 14.0 Å². The van der Waals surface area contributed by atoms with E-state index in [2.05, 4.69) is 0 Å². The lowest BCUT2D eigenvalue weighted by Crippen LogP contribution is -2.36.